The second-order valence-corrected chi connectivity index (χ2v) is 6.21. The fourth-order valence-corrected chi connectivity index (χ4v) is 2.83. The number of aryl methyl sites for hydroxylation is 1. The van der Waals surface area contributed by atoms with Gasteiger partial charge in [0.05, 0.1) is 23.3 Å². The van der Waals surface area contributed by atoms with Gasteiger partial charge in [-0.2, -0.15) is 0 Å². The Labute approximate surface area is 148 Å². The number of thioether (sulfide) groups is 1. The van der Waals surface area contributed by atoms with Crippen molar-refractivity contribution in [2.24, 2.45) is 0 Å². The van der Waals surface area contributed by atoms with Gasteiger partial charge < -0.3 is 9.72 Å². The lowest BCUT2D eigenvalue weighted by Gasteiger charge is -2.09. The number of carbonyl (C=O) groups excluding carboxylic acids is 1. The molecule has 0 fully saturated rings. The Kier molecular flexibility index (Phi) is 4.85. The number of esters is 1. The Balaban J connectivity index is 2.31. The van der Waals surface area contributed by atoms with E-state index in [2.05, 4.69) is 15.0 Å². The summed E-state index contributed by atoms with van der Waals surface area (Å²) in [6, 6.07) is 9.34. The van der Waals surface area contributed by atoms with Gasteiger partial charge in [-0.05, 0) is 26.2 Å². The van der Waals surface area contributed by atoms with Crippen molar-refractivity contribution in [2.75, 3.05) is 12.9 Å². The minimum atomic E-state index is -0.563. The average molecular weight is 355 g/mol. The highest BCUT2D eigenvalue weighted by Gasteiger charge is 2.19. The summed E-state index contributed by atoms with van der Waals surface area (Å²) in [5.74, 6) is -0.563. The van der Waals surface area contributed by atoms with Crippen molar-refractivity contribution in [1.29, 1.82) is 0 Å². The van der Waals surface area contributed by atoms with Crippen molar-refractivity contribution in [2.45, 2.75) is 19.0 Å². The Morgan fingerprint density at radius 3 is 2.60 bits per heavy atom. The molecule has 7 heteroatoms. The largest absolute Gasteiger partial charge is 0.462 e. The highest BCUT2D eigenvalue weighted by atomic mass is 32.2. The zero-order valence-corrected chi connectivity index (χ0v) is 14.9. The van der Waals surface area contributed by atoms with Crippen LogP contribution in [0.4, 0.5) is 0 Å². The van der Waals surface area contributed by atoms with Gasteiger partial charge in [-0.3, -0.25) is 4.79 Å². The molecule has 0 radical (unpaired) electrons. The van der Waals surface area contributed by atoms with Gasteiger partial charge >= 0.3 is 5.97 Å². The predicted octanol–water partition coefficient (Wildman–Crippen LogP) is 3.19. The third-order valence-corrected chi connectivity index (χ3v) is 4.27. The molecule has 0 saturated heterocycles. The Morgan fingerprint density at radius 2 is 1.96 bits per heavy atom. The summed E-state index contributed by atoms with van der Waals surface area (Å²) in [5, 5.41) is 0.591. The summed E-state index contributed by atoms with van der Waals surface area (Å²) >= 11 is 1.30. The van der Waals surface area contributed by atoms with E-state index in [9.17, 15) is 9.59 Å². The molecule has 0 saturated carbocycles. The standard InChI is InChI=1S/C18H17N3O3S/c1-4-24-17(23)12-9-13(11-7-5-10(2)6-8-11)19-15-14(12)16(22)21-18(20-15)25-3/h5-9H,4H2,1-3H3,(H,19,20,21,22). The minimum absolute atomic E-state index is 0.145. The van der Waals surface area contributed by atoms with Crippen molar-refractivity contribution in [3.05, 3.63) is 51.8 Å². The van der Waals surface area contributed by atoms with Crippen molar-refractivity contribution < 1.29 is 9.53 Å². The number of aromatic amines is 1. The fourth-order valence-electron chi connectivity index (χ4n) is 2.46. The summed E-state index contributed by atoms with van der Waals surface area (Å²) in [6.07, 6.45) is 1.81. The van der Waals surface area contributed by atoms with Gasteiger partial charge in [0.25, 0.3) is 5.56 Å². The number of nitrogens with zero attached hydrogens (tertiary/aromatic N) is 2. The predicted molar refractivity (Wildman–Crippen MR) is 98.1 cm³/mol. The molecule has 0 spiro atoms. The average Bonchev–Trinajstić information content (AvgIpc) is 2.61. The van der Waals surface area contributed by atoms with Crippen molar-refractivity contribution in [3.8, 4) is 11.3 Å². The summed E-state index contributed by atoms with van der Waals surface area (Å²) in [7, 11) is 0. The first-order valence-corrected chi connectivity index (χ1v) is 8.99. The molecule has 1 N–H and O–H groups in total. The van der Waals surface area contributed by atoms with E-state index < -0.39 is 11.5 Å². The normalized spacial score (nSPS) is 10.8. The van der Waals surface area contributed by atoms with E-state index in [0.717, 1.165) is 11.1 Å². The summed E-state index contributed by atoms with van der Waals surface area (Å²) in [6.45, 7) is 3.93. The monoisotopic (exact) mass is 355 g/mol. The first-order chi connectivity index (χ1) is 12.0. The van der Waals surface area contributed by atoms with E-state index in [-0.39, 0.29) is 23.2 Å². The molecule has 2 aromatic heterocycles. The molecule has 25 heavy (non-hydrogen) atoms. The van der Waals surface area contributed by atoms with Gasteiger partial charge in [0, 0.05) is 5.56 Å². The molecule has 0 aliphatic carbocycles. The Hall–Kier alpha value is -2.67. The SMILES string of the molecule is CCOC(=O)c1cc(-c2ccc(C)cc2)nc2nc(SC)[nH]c(=O)c12. The molecular weight excluding hydrogens is 338 g/mol. The van der Waals surface area contributed by atoms with Crippen LogP contribution in [0.1, 0.15) is 22.8 Å². The van der Waals surface area contributed by atoms with E-state index in [0.29, 0.717) is 10.9 Å². The van der Waals surface area contributed by atoms with Gasteiger partial charge in [-0.1, -0.05) is 41.6 Å². The molecule has 0 amide bonds. The van der Waals surface area contributed by atoms with Crippen LogP contribution in [0, 0.1) is 6.92 Å². The van der Waals surface area contributed by atoms with Crippen LogP contribution < -0.4 is 5.56 Å². The number of rotatable bonds is 4. The quantitative estimate of drug-likeness (QED) is 0.439. The number of carbonyl (C=O) groups is 1. The van der Waals surface area contributed by atoms with E-state index in [1.54, 1.807) is 19.2 Å². The molecule has 0 aliphatic rings. The van der Waals surface area contributed by atoms with Crippen LogP contribution in [0.5, 0.6) is 0 Å². The van der Waals surface area contributed by atoms with Crippen LogP contribution >= 0.6 is 11.8 Å². The van der Waals surface area contributed by atoms with Crippen LogP contribution in [-0.4, -0.2) is 33.8 Å². The fraction of sp³-hybridized carbons (Fsp3) is 0.222. The molecule has 0 unspecified atom stereocenters. The second kappa shape index (κ2) is 7.06. The number of ether oxygens (including phenoxy) is 1. The zero-order valence-electron chi connectivity index (χ0n) is 14.1. The highest BCUT2D eigenvalue weighted by molar-refractivity contribution is 7.98. The first-order valence-electron chi connectivity index (χ1n) is 7.76. The third-order valence-electron chi connectivity index (χ3n) is 3.69. The maximum atomic E-state index is 12.4. The van der Waals surface area contributed by atoms with Crippen molar-refractivity contribution in [3.63, 3.8) is 0 Å². The summed E-state index contributed by atoms with van der Waals surface area (Å²) in [5.41, 5.74) is 2.53. The molecule has 128 valence electrons. The topological polar surface area (TPSA) is 84.9 Å². The van der Waals surface area contributed by atoms with Gasteiger partial charge in [0.1, 0.15) is 0 Å². The summed E-state index contributed by atoms with van der Waals surface area (Å²) in [4.78, 5) is 36.3. The van der Waals surface area contributed by atoms with E-state index in [1.165, 1.54) is 11.8 Å². The van der Waals surface area contributed by atoms with Crippen LogP contribution in [-0.2, 0) is 4.74 Å². The lowest BCUT2D eigenvalue weighted by Crippen LogP contribution is -2.16. The minimum Gasteiger partial charge on any atom is -0.462 e. The van der Waals surface area contributed by atoms with Gasteiger partial charge in [-0.15, -0.1) is 0 Å². The van der Waals surface area contributed by atoms with Crippen molar-refractivity contribution >= 4 is 28.8 Å². The van der Waals surface area contributed by atoms with Crippen LogP contribution in [0.25, 0.3) is 22.3 Å². The van der Waals surface area contributed by atoms with E-state index >= 15 is 0 Å². The molecule has 3 aromatic rings. The summed E-state index contributed by atoms with van der Waals surface area (Å²) < 4.78 is 5.11. The van der Waals surface area contributed by atoms with Crippen molar-refractivity contribution in [1.82, 2.24) is 15.0 Å². The number of pyridine rings is 1. The second-order valence-electron chi connectivity index (χ2n) is 5.42. The highest BCUT2D eigenvalue weighted by Crippen LogP contribution is 2.24. The molecule has 2 heterocycles. The maximum absolute atomic E-state index is 12.4. The van der Waals surface area contributed by atoms with E-state index in [4.69, 9.17) is 4.74 Å². The number of nitrogens with one attached hydrogen (secondary N) is 1. The van der Waals surface area contributed by atoms with Gasteiger partial charge in [0.2, 0.25) is 0 Å². The molecular formula is C18H17N3O3S. The zero-order chi connectivity index (χ0) is 18.0. The number of benzene rings is 1. The van der Waals surface area contributed by atoms with Gasteiger partial charge in [0.15, 0.2) is 10.8 Å². The number of hydrogen-bond donors (Lipinski definition) is 1. The van der Waals surface area contributed by atoms with Crippen LogP contribution in [0.2, 0.25) is 0 Å². The molecule has 6 nitrogen and oxygen atoms in total. The lowest BCUT2D eigenvalue weighted by molar-refractivity contribution is 0.0528. The number of aromatic nitrogens is 3. The maximum Gasteiger partial charge on any atom is 0.339 e. The third kappa shape index (κ3) is 3.41. The molecule has 0 bridgehead atoms. The lowest BCUT2D eigenvalue weighted by atomic mass is 10.1. The first kappa shape index (κ1) is 17.2. The number of H-pyrrole nitrogens is 1. The molecule has 3 rings (SSSR count). The van der Waals surface area contributed by atoms with Crippen LogP contribution in [0.3, 0.4) is 0 Å². The number of hydrogen-bond acceptors (Lipinski definition) is 6. The molecule has 0 atom stereocenters. The molecule has 1 aromatic carbocycles. The Morgan fingerprint density at radius 1 is 1.24 bits per heavy atom. The Bertz CT molecular complexity index is 997. The van der Waals surface area contributed by atoms with E-state index in [1.807, 2.05) is 31.2 Å². The smallest absolute Gasteiger partial charge is 0.339 e. The molecule has 0 aliphatic heterocycles. The van der Waals surface area contributed by atoms with Crippen LogP contribution in [0.15, 0.2) is 40.3 Å². The van der Waals surface area contributed by atoms with Gasteiger partial charge in [-0.25, -0.2) is 14.8 Å². The number of fused-ring (bicyclic) bond motifs is 1.